The van der Waals surface area contributed by atoms with E-state index in [-0.39, 0.29) is 0 Å². The molecular formula is C12H17NO2. The summed E-state index contributed by atoms with van der Waals surface area (Å²) in [5.41, 5.74) is 1.26. The van der Waals surface area contributed by atoms with Crippen LogP contribution in [0.3, 0.4) is 0 Å². The standard InChI is InChI=1S/C12H17NO2/c1-2-15-11-5-3-10(4-6-11)12-9-14-8-7-13-12/h3-6,12-13H,2,7-9H2,1H3. The van der Waals surface area contributed by atoms with Crippen LogP contribution in [-0.4, -0.2) is 26.4 Å². The summed E-state index contributed by atoms with van der Waals surface area (Å²) in [6.07, 6.45) is 0. The van der Waals surface area contributed by atoms with E-state index < -0.39 is 0 Å². The first-order valence-corrected chi connectivity index (χ1v) is 5.44. The summed E-state index contributed by atoms with van der Waals surface area (Å²) < 4.78 is 10.8. The Balaban J connectivity index is 2.02. The van der Waals surface area contributed by atoms with Crippen molar-refractivity contribution >= 4 is 0 Å². The summed E-state index contributed by atoms with van der Waals surface area (Å²) in [7, 11) is 0. The van der Waals surface area contributed by atoms with Crippen molar-refractivity contribution < 1.29 is 9.47 Å². The summed E-state index contributed by atoms with van der Waals surface area (Å²) in [5, 5.41) is 3.42. The molecule has 0 saturated carbocycles. The number of ether oxygens (including phenoxy) is 2. The Morgan fingerprint density at radius 2 is 2.20 bits per heavy atom. The molecule has 82 valence electrons. The zero-order valence-corrected chi connectivity index (χ0v) is 9.03. The van der Waals surface area contributed by atoms with Gasteiger partial charge in [-0.3, -0.25) is 0 Å². The molecule has 1 atom stereocenters. The normalized spacial score (nSPS) is 21.3. The van der Waals surface area contributed by atoms with Crippen molar-refractivity contribution in [2.24, 2.45) is 0 Å². The van der Waals surface area contributed by atoms with E-state index >= 15 is 0 Å². The number of nitrogens with one attached hydrogen (secondary N) is 1. The van der Waals surface area contributed by atoms with E-state index in [2.05, 4.69) is 17.4 Å². The highest BCUT2D eigenvalue weighted by Crippen LogP contribution is 2.19. The summed E-state index contributed by atoms with van der Waals surface area (Å²) >= 11 is 0. The van der Waals surface area contributed by atoms with Crippen LogP contribution in [0.5, 0.6) is 5.75 Å². The molecule has 2 rings (SSSR count). The van der Waals surface area contributed by atoms with Gasteiger partial charge in [-0.1, -0.05) is 12.1 Å². The van der Waals surface area contributed by atoms with Gasteiger partial charge in [-0.15, -0.1) is 0 Å². The monoisotopic (exact) mass is 207 g/mol. The van der Waals surface area contributed by atoms with Crippen LogP contribution in [0.4, 0.5) is 0 Å². The van der Waals surface area contributed by atoms with Gasteiger partial charge in [0, 0.05) is 6.54 Å². The van der Waals surface area contributed by atoms with Crippen LogP contribution in [0.1, 0.15) is 18.5 Å². The minimum absolute atomic E-state index is 0.328. The van der Waals surface area contributed by atoms with E-state index in [9.17, 15) is 0 Å². The van der Waals surface area contributed by atoms with Crippen LogP contribution in [0.25, 0.3) is 0 Å². The molecule has 0 bridgehead atoms. The van der Waals surface area contributed by atoms with E-state index in [1.54, 1.807) is 0 Å². The van der Waals surface area contributed by atoms with Gasteiger partial charge in [0.1, 0.15) is 5.75 Å². The SMILES string of the molecule is CCOc1ccc(C2COCCN2)cc1. The highest BCUT2D eigenvalue weighted by molar-refractivity contribution is 5.29. The summed E-state index contributed by atoms with van der Waals surface area (Å²) in [5.74, 6) is 0.929. The molecule has 0 spiro atoms. The van der Waals surface area contributed by atoms with E-state index in [0.717, 1.165) is 25.5 Å². The van der Waals surface area contributed by atoms with Gasteiger partial charge < -0.3 is 14.8 Å². The van der Waals surface area contributed by atoms with Gasteiger partial charge in [-0.2, -0.15) is 0 Å². The van der Waals surface area contributed by atoms with Gasteiger partial charge >= 0.3 is 0 Å². The molecule has 1 unspecified atom stereocenters. The molecule has 1 heterocycles. The summed E-state index contributed by atoms with van der Waals surface area (Å²) in [6.45, 7) is 5.20. The second kappa shape index (κ2) is 5.14. The number of rotatable bonds is 3. The van der Waals surface area contributed by atoms with Gasteiger partial charge in [0.25, 0.3) is 0 Å². The second-order valence-corrected chi connectivity index (χ2v) is 3.58. The topological polar surface area (TPSA) is 30.5 Å². The molecule has 1 fully saturated rings. The molecular weight excluding hydrogens is 190 g/mol. The smallest absolute Gasteiger partial charge is 0.119 e. The van der Waals surface area contributed by atoms with Crippen molar-refractivity contribution in [1.82, 2.24) is 5.32 Å². The third kappa shape index (κ3) is 2.70. The molecule has 1 N–H and O–H groups in total. The Kier molecular flexibility index (Phi) is 3.59. The van der Waals surface area contributed by atoms with E-state index in [1.165, 1.54) is 5.56 Å². The summed E-state index contributed by atoms with van der Waals surface area (Å²) in [6, 6.07) is 8.54. The van der Waals surface area contributed by atoms with Gasteiger partial charge in [0.15, 0.2) is 0 Å². The molecule has 0 aliphatic carbocycles. The Bertz CT molecular complexity index is 291. The minimum atomic E-state index is 0.328. The molecule has 0 aromatic heterocycles. The third-order valence-electron chi connectivity index (χ3n) is 2.52. The van der Waals surface area contributed by atoms with Crippen LogP contribution >= 0.6 is 0 Å². The number of benzene rings is 1. The molecule has 15 heavy (non-hydrogen) atoms. The van der Waals surface area contributed by atoms with Crippen molar-refractivity contribution in [3.05, 3.63) is 29.8 Å². The number of morpholine rings is 1. The molecule has 1 aromatic carbocycles. The maximum absolute atomic E-state index is 5.42. The Labute approximate surface area is 90.4 Å². The zero-order valence-electron chi connectivity index (χ0n) is 9.03. The van der Waals surface area contributed by atoms with E-state index in [1.807, 2.05) is 19.1 Å². The highest BCUT2D eigenvalue weighted by atomic mass is 16.5. The Morgan fingerprint density at radius 3 is 2.80 bits per heavy atom. The summed E-state index contributed by atoms with van der Waals surface area (Å²) in [4.78, 5) is 0. The van der Waals surface area contributed by atoms with Crippen LogP contribution in [-0.2, 0) is 4.74 Å². The molecule has 1 aromatic rings. The van der Waals surface area contributed by atoms with Crippen molar-refractivity contribution in [3.63, 3.8) is 0 Å². The molecule has 0 amide bonds. The first-order valence-electron chi connectivity index (χ1n) is 5.44. The molecule has 1 saturated heterocycles. The van der Waals surface area contributed by atoms with E-state index in [4.69, 9.17) is 9.47 Å². The van der Waals surface area contributed by atoms with Gasteiger partial charge in [-0.05, 0) is 24.6 Å². The third-order valence-corrected chi connectivity index (χ3v) is 2.52. The lowest BCUT2D eigenvalue weighted by molar-refractivity contribution is 0.0768. The second-order valence-electron chi connectivity index (χ2n) is 3.58. The first-order chi connectivity index (χ1) is 7.40. The Morgan fingerprint density at radius 1 is 1.40 bits per heavy atom. The fourth-order valence-electron chi connectivity index (χ4n) is 1.74. The van der Waals surface area contributed by atoms with Crippen LogP contribution < -0.4 is 10.1 Å². The highest BCUT2D eigenvalue weighted by Gasteiger charge is 2.14. The zero-order chi connectivity index (χ0) is 10.5. The van der Waals surface area contributed by atoms with Crippen LogP contribution in [0.15, 0.2) is 24.3 Å². The van der Waals surface area contributed by atoms with Crippen LogP contribution in [0, 0.1) is 0 Å². The molecule has 0 radical (unpaired) electrons. The number of hydrogen-bond donors (Lipinski definition) is 1. The lowest BCUT2D eigenvalue weighted by Gasteiger charge is -2.24. The fourth-order valence-corrected chi connectivity index (χ4v) is 1.74. The predicted molar refractivity (Wildman–Crippen MR) is 59.2 cm³/mol. The molecule has 3 heteroatoms. The Hall–Kier alpha value is -1.06. The van der Waals surface area contributed by atoms with Gasteiger partial charge in [-0.25, -0.2) is 0 Å². The maximum Gasteiger partial charge on any atom is 0.119 e. The van der Waals surface area contributed by atoms with E-state index in [0.29, 0.717) is 12.6 Å². The average molecular weight is 207 g/mol. The van der Waals surface area contributed by atoms with Crippen LogP contribution in [0.2, 0.25) is 0 Å². The van der Waals surface area contributed by atoms with Crippen molar-refractivity contribution in [2.45, 2.75) is 13.0 Å². The quantitative estimate of drug-likeness (QED) is 0.819. The molecule has 1 aliphatic heterocycles. The molecule has 3 nitrogen and oxygen atoms in total. The minimum Gasteiger partial charge on any atom is -0.494 e. The van der Waals surface area contributed by atoms with Crippen molar-refractivity contribution in [2.75, 3.05) is 26.4 Å². The predicted octanol–water partition coefficient (Wildman–Crippen LogP) is 1.75. The maximum atomic E-state index is 5.42. The average Bonchev–Trinajstić information content (AvgIpc) is 2.32. The lowest BCUT2D eigenvalue weighted by Crippen LogP contribution is -2.34. The fraction of sp³-hybridized carbons (Fsp3) is 0.500. The molecule has 1 aliphatic rings. The first kappa shape index (κ1) is 10.5. The van der Waals surface area contributed by atoms with Gasteiger partial charge in [0.2, 0.25) is 0 Å². The van der Waals surface area contributed by atoms with Gasteiger partial charge in [0.05, 0.1) is 25.9 Å². The van der Waals surface area contributed by atoms with Crippen molar-refractivity contribution in [1.29, 1.82) is 0 Å². The lowest BCUT2D eigenvalue weighted by atomic mass is 10.1. The van der Waals surface area contributed by atoms with Crippen molar-refractivity contribution in [3.8, 4) is 5.75 Å². The number of hydrogen-bond acceptors (Lipinski definition) is 3. The largest absolute Gasteiger partial charge is 0.494 e.